The monoisotopic (exact) mass is 285 g/mol. The van der Waals surface area contributed by atoms with E-state index in [1.54, 1.807) is 12.1 Å². The zero-order valence-electron chi connectivity index (χ0n) is 12.5. The highest BCUT2D eigenvalue weighted by Gasteiger charge is 2.15. The number of methoxy groups -OCH3 is 1. The summed E-state index contributed by atoms with van der Waals surface area (Å²) in [7, 11) is 3.26. The number of aryl methyl sites for hydroxylation is 1. The van der Waals surface area contributed by atoms with Crippen molar-refractivity contribution in [3.8, 4) is 0 Å². The molecule has 0 bridgehead atoms. The number of carbonyl (C=O) groups excluding carboxylic acids is 1. The van der Waals surface area contributed by atoms with E-state index in [0.717, 1.165) is 17.1 Å². The maximum Gasteiger partial charge on any atom is 0.340 e. The van der Waals surface area contributed by atoms with Crippen molar-refractivity contribution in [2.45, 2.75) is 13.5 Å². The van der Waals surface area contributed by atoms with Gasteiger partial charge in [0.1, 0.15) is 0 Å². The minimum Gasteiger partial charge on any atom is -0.465 e. The molecule has 0 saturated carbocycles. The van der Waals surface area contributed by atoms with Gasteiger partial charge in [0.15, 0.2) is 0 Å². The Labute approximate surface area is 124 Å². The molecule has 0 aliphatic rings. The number of hydrogen-bond acceptors (Lipinski definition) is 5. The van der Waals surface area contributed by atoms with Crippen LogP contribution in [0.5, 0.6) is 0 Å². The highest BCUT2D eigenvalue weighted by Crippen LogP contribution is 2.27. The molecule has 0 aliphatic carbocycles. The van der Waals surface area contributed by atoms with Crippen LogP contribution >= 0.6 is 0 Å². The summed E-state index contributed by atoms with van der Waals surface area (Å²) in [5, 5.41) is 0. The van der Waals surface area contributed by atoms with Gasteiger partial charge in [-0.15, -0.1) is 0 Å². The summed E-state index contributed by atoms with van der Waals surface area (Å²) >= 11 is 0. The lowest BCUT2D eigenvalue weighted by Crippen LogP contribution is -2.20. The van der Waals surface area contributed by atoms with Gasteiger partial charge in [-0.25, -0.2) is 4.79 Å². The second kappa shape index (κ2) is 6.26. The van der Waals surface area contributed by atoms with Crippen LogP contribution in [-0.2, 0) is 11.3 Å². The Balaban J connectivity index is 2.27. The van der Waals surface area contributed by atoms with Crippen LogP contribution in [0.15, 0.2) is 36.4 Å². The molecule has 110 valence electrons. The van der Waals surface area contributed by atoms with Crippen molar-refractivity contribution in [2.75, 3.05) is 24.8 Å². The Bertz CT molecular complexity index is 656. The van der Waals surface area contributed by atoms with Crippen molar-refractivity contribution in [1.82, 2.24) is 4.98 Å². The molecule has 0 aliphatic heterocycles. The second-order valence-electron chi connectivity index (χ2n) is 4.86. The lowest BCUT2D eigenvalue weighted by Gasteiger charge is -2.22. The third-order valence-electron chi connectivity index (χ3n) is 3.24. The molecule has 0 atom stereocenters. The van der Waals surface area contributed by atoms with Gasteiger partial charge in [0.25, 0.3) is 0 Å². The molecule has 0 amide bonds. The predicted octanol–water partition coefficient (Wildman–Crippen LogP) is 2.40. The van der Waals surface area contributed by atoms with Gasteiger partial charge in [-0.2, -0.15) is 0 Å². The molecule has 1 heterocycles. The van der Waals surface area contributed by atoms with Gasteiger partial charge in [-0.3, -0.25) is 4.98 Å². The molecule has 2 N–H and O–H groups in total. The number of nitrogens with two attached hydrogens (primary N) is 1. The van der Waals surface area contributed by atoms with Crippen LogP contribution < -0.4 is 10.6 Å². The molecule has 2 rings (SSSR count). The van der Waals surface area contributed by atoms with Crippen LogP contribution in [-0.4, -0.2) is 25.1 Å². The van der Waals surface area contributed by atoms with E-state index in [2.05, 4.69) is 4.98 Å². The number of rotatable bonds is 4. The van der Waals surface area contributed by atoms with Gasteiger partial charge in [0, 0.05) is 12.7 Å². The number of pyridine rings is 1. The van der Waals surface area contributed by atoms with Crippen LogP contribution in [0.1, 0.15) is 21.7 Å². The van der Waals surface area contributed by atoms with Gasteiger partial charge in [0.2, 0.25) is 0 Å². The zero-order valence-corrected chi connectivity index (χ0v) is 12.5. The van der Waals surface area contributed by atoms with E-state index in [9.17, 15) is 4.79 Å². The first kappa shape index (κ1) is 14.8. The van der Waals surface area contributed by atoms with E-state index in [1.807, 2.05) is 43.1 Å². The Morgan fingerprint density at radius 2 is 2.00 bits per heavy atom. The topological polar surface area (TPSA) is 68.5 Å². The minimum absolute atomic E-state index is 0.374. The Morgan fingerprint density at radius 1 is 1.29 bits per heavy atom. The first-order valence-electron chi connectivity index (χ1n) is 6.63. The predicted molar refractivity (Wildman–Crippen MR) is 83.3 cm³/mol. The largest absolute Gasteiger partial charge is 0.465 e. The Morgan fingerprint density at radius 3 is 2.67 bits per heavy atom. The Kier molecular flexibility index (Phi) is 4.42. The fourth-order valence-corrected chi connectivity index (χ4v) is 2.19. The average Bonchev–Trinajstić information content (AvgIpc) is 2.46. The van der Waals surface area contributed by atoms with E-state index < -0.39 is 5.97 Å². The molecule has 0 radical (unpaired) electrons. The maximum absolute atomic E-state index is 11.7. The van der Waals surface area contributed by atoms with E-state index >= 15 is 0 Å². The number of anilines is 2. The molecular formula is C16H19N3O2. The molecule has 0 unspecified atom stereocenters. The molecule has 0 fully saturated rings. The third kappa shape index (κ3) is 3.31. The lowest BCUT2D eigenvalue weighted by atomic mass is 10.1. The van der Waals surface area contributed by atoms with E-state index in [1.165, 1.54) is 7.11 Å². The number of nitrogen functional groups attached to an aromatic ring is 1. The third-order valence-corrected chi connectivity index (χ3v) is 3.24. The van der Waals surface area contributed by atoms with Gasteiger partial charge in [-0.1, -0.05) is 12.1 Å². The number of aromatic nitrogens is 1. The summed E-state index contributed by atoms with van der Waals surface area (Å²) in [4.78, 5) is 18.1. The number of hydrogen-bond donors (Lipinski definition) is 1. The first-order valence-corrected chi connectivity index (χ1v) is 6.63. The number of ether oxygens (including phenoxy) is 1. The van der Waals surface area contributed by atoms with E-state index in [4.69, 9.17) is 10.5 Å². The Hall–Kier alpha value is -2.56. The summed E-state index contributed by atoms with van der Waals surface area (Å²) < 4.78 is 4.74. The second-order valence-corrected chi connectivity index (χ2v) is 4.86. The van der Waals surface area contributed by atoms with Crippen molar-refractivity contribution in [1.29, 1.82) is 0 Å². The molecule has 5 heteroatoms. The summed E-state index contributed by atoms with van der Waals surface area (Å²) in [5.41, 5.74) is 9.56. The van der Waals surface area contributed by atoms with Crippen molar-refractivity contribution in [3.63, 3.8) is 0 Å². The molecular weight excluding hydrogens is 266 g/mol. The summed E-state index contributed by atoms with van der Waals surface area (Å²) in [5.74, 6) is -0.434. The molecule has 5 nitrogen and oxygen atoms in total. The maximum atomic E-state index is 11.7. The van der Waals surface area contributed by atoms with Gasteiger partial charge in [0.05, 0.1) is 36.3 Å². The van der Waals surface area contributed by atoms with Crippen LogP contribution in [0.25, 0.3) is 0 Å². The number of benzene rings is 1. The highest BCUT2D eigenvalue weighted by atomic mass is 16.5. The molecule has 0 spiro atoms. The lowest BCUT2D eigenvalue weighted by molar-refractivity contribution is 0.0602. The van der Waals surface area contributed by atoms with Crippen molar-refractivity contribution < 1.29 is 9.53 Å². The molecule has 1 aromatic heterocycles. The SMILES string of the molecule is COC(=O)c1cccc(N(C)Cc2cccc(C)n2)c1N. The smallest absolute Gasteiger partial charge is 0.340 e. The van der Waals surface area contributed by atoms with Crippen molar-refractivity contribution >= 4 is 17.3 Å². The molecule has 21 heavy (non-hydrogen) atoms. The van der Waals surface area contributed by atoms with E-state index in [0.29, 0.717) is 17.8 Å². The summed E-state index contributed by atoms with van der Waals surface area (Å²) in [6.45, 7) is 2.56. The fraction of sp³-hybridized carbons (Fsp3) is 0.250. The van der Waals surface area contributed by atoms with Crippen LogP contribution in [0.2, 0.25) is 0 Å². The summed E-state index contributed by atoms with van der Waals surface area (Å²) in [6, 6.07) is 11.2. The standard InChI is InChI=1S/C16H19N3O2/c1-11-6-4-7-12(18-11)10-19(2)14-9-5-8-13(15(14)17)16(20)21-3/h4-9H,10,17H2,1-3H3. The first-order chi connectivity index (χ1) is 10.0. The molecule has 2 aromatic rings. The average molecular weight is 285 g/mol. The van der Waals surface area contributed by atoms with Crippen LogP contribution in [0, 0.1) is 6.92 Å². The zero-order chi connectivity index (χ0) is 15.4. The van der Waals surface area contributed by atoms with Crippen LogP contribution in [0.3, 0.4) is 0 Å². The molecule has 1 aromatic carbocycles. The number of carbonyl (C=O) groups is 1. The normalized spacial score (nSPS) is 10.2. The highest BCUT2D eigenvalue weighted by molar-refractivity contribution is 5.98. The van der Waals surface area contributed by atoms with Crippen molar-refractivity contribution in [2.24, 2.45) is 0 Å². The van der Waals surface area contributed by atoms with Gasteiger partial charge in [-0.05, 0) is 31.2 Å². The summed E-state index contributed by atoms with van der Waals surface area (Å²) in [6.07, 6.45) is 0. The van der Waals surface area contributed by atoms with Gasteiger partial charge < -0.3 is 15.4 Å². The van der Waals surface area contributed by atoms with Gasteiger partial charge >= 0.3 is 5.97 Å². The van der Waals surface area contributed by atoms with E-state index in [-0.39, 0.29) is 0 Å². The fourth-order valence-electron chi connectivity index (χ4n) is 2.19. The van der Waals surface area contributed by atoms with Crippen molar-refractivity contribution in [3.05, 3.63) is 53.3 Å². The number of nitrogens with zero attached hydrogens (tertiary/aromatic N) is 2. The number of esters is 1. The quantitative estimate of drug-likeness (QED) is 0.690. The molecule has 0 saturated heterocycles. The number of para-hydroxylation sites is 1. The minimum atomic E-state index is -0.434. The van der Waals surface area contributed by atoms with Crippen LogP contribution in [0.4, 0.5) is 11.4 Å².